The summed E-state index contributed by atoms with van der Waals surface area (Å²) in [5.41, 5.74) is 5.09. The average Bonchev–Trinajstić information content (AvgIpc) is 3.15. The number of carbonyl (C=O) groups excluding carboxylic acids is 2. The minimum atomic E-state index is -0.317. The van der Waals surface area contributed by atoms with Crippen LogP contribution < -0.4 is 15.2 Å². The van der Waals surface area contributed by atoms with Gasteiger partial charge in [0.1, 0.15) is 6.54 Å². The van der Waals surface area contributed by atoms with E-state index in [1.165, 1.54) is 4.90 Å². The Kier molecular flexibility index (Phi) is 6.09. The minimum absolute atomic E-state index is 0.112. The molecule has 0 saturated heterocycles. The van der Waals surface area contributed by atoms with Crippen LogP contribution in [0, 0.1) is 6.92 Å². The van der Waals surface area contributed by atoms with Gasteiger partial charge in [-0.25, -0.2) is 5.01 Å². The van der Waals surface area contributed by atoms with Crippen LogP contribution in [0.1, 0.15) is 11.1 Å². The second kappa shape index (κ2) is 9.65. The molecule has 1 aliphatic heterocycles. The van der Waals surface area contributed by atoms with Crippen molar-refractivity contribution in [2.75, 3.05) is 21.8 Å². The molecule has 1 heterocycles. The fraction of sp³-hybridized carbons (Fsp3) is 0.0690. The summed E-state index contributed by atoms with van der Waals surface area (Å²) in [5.74, 6) is -0.594. The van der Waals surface area contributed by atoms with Crippen molar-refractivity contribution in [3.63, 3.8) is 0 Å². The largest absolute Gasteiger partial charge is 0.325 e. The molecule has 0 aromatic heterocycles. The summed E-state index contributed by atoms with van der Waals surface area (Å²) in [4.78, 5) is 27.9. The van der Waals surface area contributed by atoms with Gasteiger partial charge in [0.15, 0.2) is 5.71 Å². The highest BCUT2D eigenvalue weighted by Crippen LogP contribution is 2.32. The Morgan fingerprint density at radius 1 is 0.800 bits per heavy atom. The van der Waals surface area contributed by atoms with E-state index in [0.29, 0.717) is 16.9 Å². The van der Waals surface area contributed by atoms with Gasteiger partial charge in [0.05, 0.1) is 17.1 Å². The average molecular weight is 461 g/mol. The van der Waals surface area contributed by atoms with E-state index in [1.807, 2.05) is 116 Å². The van der Waals surface area contributed by atoms with E-state index in [0.717, 1.165) is 16.9 Å². The van der Waals surface area contributed by atoms with Crippen molar-refractivity contribution >= 4 is 40.3 Å². The number of aryl methyl sites for hydroxylation is 1. The van der Waals surface area contributed by atoms with Gasteiger partial charge in [-0.05, 0) is 49.4 Å². The summed E-state index contributed by atoms with van der Waals surface area (Å²) in [5, 5.41) is 9.44. The maximum absolute atomic E-state index is 13.6. The zero-order chi connectivity index (χ0) is 24.2. The molecule has 5 rings (SSSR count). The molecule has 0 fully saturated rings. The molecule has 35 heavy (non-hydrogen) atoms. The Morgan fingerprint density at radius 3 is 2.00 bits per heavy atom. The van der Waals surface area contributed by atoms with Gasteiger partial charge in [-0.2, -0.15) is 5.10 Å². The van der Waals surface area contributed by atoms with E-state index >= 15 is 0 Å². The van der Waals surface area contributed by atoms with E-state index < -0.39 is 0 Å². The fourth-order valence-corrected chi connectivity index (χ4v) is 4.00. The molecule has 0 radical (unpaired) electrons. The van der Waals surface area contributed by atoms with Crippen LogP contribution in [0.2, 0.25) is 0 Å². The number of amides is 2. The monoisotopic (exact) mass is 460 g/mol. The Balaban J connectivity index is 1.48. The lowest BCUT2D eigenvalue weighted by Crippen LogP contribution is -2.37. The number of fused-ring (bicyclic) bond motifs is 1. The number of hydrogen-bond donors (Lipinski definition) is 1. The van der Waals surface area contributed by atoms with E-state index in [4.69, 9.17) is 5.10 Å². The predicted octanol–water partition coefficient (Wildman–Crippen LogP) is 5.52. The second-order valence-corrected chi connectivity index (χ2v) is 8.25. The number of para-hydroxylation sites is 3. The standard InChI is InChI=1S/C29H24N4O2/c1-21-16-18-22(19-17-21)30-27(34)20-32-26-15-9-8-14-25(26)28(29(32)35)31-33(23-10-4-2-5-11-23)24-12-6-3-7-13-24/h2-19H,20H2,1H3,(H,30,34)/b31-28-. The van der Waals surface area contributed by atoms with Crippen molar-refractivity contribution in [3.8, 4) is 0 Å². The van der Waals surface area contributed by atoms with Crippen LogP contribution >= 0.6 is 0 Å². The van der Waals surface area contributed by atoms with Crippen molar-refractivity contribution < 1.29 is 9.59 Å². The number of anilines is 4. The van der Waals surface area contributed by atoms with Crippen LogP contribution in [-0.4, -0.2) is 24.1 Å². The topological polar surface area (TPSA) is 65.0 Å². The molecule has 0 atom stereocenters. The molecule has 1 N–H and O–H groups in total. The number of hydrazone groups is 1. The molecule has 172 valence electrons. The van der Waals surface area contributed by atoms with Gasteiger partial charge in [0.25, 0.3) is 5.91 Å². The first-order chi connectivity index (χ1) is 17.1. The molecule has 0 unspecified atom stereocenters. The molecule has 0 spiro atoms. The fourth-order valence-electron chi connectivity index (χ4n) is 4.00. The summed E-state index contributed by atoms with van der Waals surface area (Å²) in [6, 6.07) is 34.3. The van der Waals surface area contributed by atoms with Gasteiger partial charge in [-0.3, -0.25) is 14.5 Å². The van der Waals surface area contributed by atoms with E-state index in [2.05, 4.69) is 5.32 Å². The summed E-state index contributed by atoms with van der Waals surface area (Å²) in [6.45, 7) is 1.87. The quantitative estimate of drug-likeness (QED) is 0.385. The van der Waals surface area contributed by atoms with Crippen molar-refractivity contribution in [1.82, 2.24) is 0 Å². The van der Waals surface area contributed by atoms with Crippen LogP contribution in [-0.2, 0) is 9.59 Å². The van der Waals surface area contributed by atoms with E-state index in [9.17, 15) is 9.59 Å². The van der Waals surface area contributed by atoms with Gasteiger partial charge in [0.2, 0.25) is 5.91 Å². The highest BCUT2D eigenvalue weighted by molar-refractivity contribution is 6.55. The lowest BCUT2D eigenvalue weighted by Gasteiger charge is -2.20. The van der Waals surface area contributed by atoms with Crippen LogP contribution in [0.15, 0.2) is 114 Å². The zero-order valence-corrected chi connectivity index (χ0v) is 19.3. The molecule has 0 aliphatic carbocycles. The highest BCUT2D eigenvalue weighted by Gasteiger charge is 2.35. The smallest absolute Gasteiger partial charge is 0.279 e. The first-order valence-electron chi connectivity index (χ1n) is 11.4. The molecule has 0 bridgehead atoms. The minimum Gasteiger partial charge on any atom is -0.325 e. The van der Waals surface area contributed by atoms with E-state index in [1.54, 1.807) is 5.01 Å². The number of carbonyl (C=O) groups is 2. The third-order valence-corrected chi connectivity index (χ3v) is 5.74. The zero-order valence-electron chi connectivity index (χ0n) is 19.3. The number of benzene rings is 4. The Bertz CT molecular complexity index is 1340. The molecule has 4 aromatic rings. The first kappa shape index (κ1) is 22.1. The third-order valence-electron chi connectivity index (χ3n) is 5.74. The van der Waals surface area contributed by atoms with Gasteiger partial charge >= 0.3 is 0 Å². The van der Waals surface area contributed by atoms with Crippen LogP contribution in [0.25, 0.3) is 0 Å². The van der Waals surface area contributed by atoms with Gasteiger partial charge in [-0.1, -0.05) is 72.3 Å². The number of rotatable bonds is 6. The predicted molar refractivity (Wildman–Crippen MR) is 140 cm³/mol. The molecule has 0 saturated carbocycles. The number of nitrogens with zero attached hydrogens (tertiary/aromatic N) is 3. The Hall–Kier alpha value is -4.71. The Labute approximate surface area is 204 Å². The maximum atomic E-state index is 13.6. The normalized spacial score (nSPS) is 13.6. The van der Waals surface area contributed by atoms with Crippen molar-refractivity contribution in [1.29, 1.82) is 0 Å². The SMILES string of the molecule is Cc1ccc(NC(=O)CN2C(=O)/C(=N\N(c3ccccc3)c3ccccc3)c3ccccc32)cc1. The molecule has 1 aliphatic rings. The molecule has 2 amide bonds. The van der Waals surface area contributed by atoms with Gasteiger partial charge < -0.3 is 5.32 Å². The van der Waals surface area contributed by atoms with Crippen molar-refractivity contribution in [2.24, 2.45) is 5.10 Å². The van der Waals surface area contributed by atoms with E-state index in [-0.39, 0.29) is 24.1 Å². The Morgan fingerprint density at radius 2 is 1.37 bits per heavy atom. The highest BCUT2D eigenvalue weighted by atomic mass is 16.2. The number of nitrogens with one attached hydrogen (secondary N) is 1. The van der Waals surface area contributed by atoms with Crippen molar-refractivity contribution in [2.45, 2.75) is 6.92 Å². The van der Waals surface area contributed by atoms with Crippen LogP contribution in [0.3, 0.4) is 0 Å². The molecule has 4 aromatic carbocycles. The van der Waals surface area contributed by atoms with Crippen LogP contribution in [0.5, 0.6) is 0 Å². The second-order valence-electron chi connectivity index (χ2n) is 8.25. The van der Waals surface area contributed by atoms with Crippen LogP contribution in [0.4, 0.5) is 22.7 Å². The molecule has 6 heteroatoms. The molecular weight excluding hydrogens is 436 g/mol. The van der Waals surface area contributed by atoms with Gasteiger partial charge in [0, 0.05) is 11.3 Å². The first-order valence-corrected chi connectivity index (χ1v) is 11.4. The summed E-state index contributed by atoms with van der Waals surface area (Å²) >= 11 is 0. The van der Waals surface area contributed by atoms with Crippen molar-refractivity contribution in [3.05, 3.63) is 120 Å². The maximum Gasteiger partial charge on any atom is 0.279 e. The summed E-state index contributed by atoms with van der Waals surface area (Å²) in [6.07, 6.45) is 0. The number of hydrogen-bond acceptors (Lipinski definition) is 4. The summed E-state index contributed by atoms with van der Waals surface area (Å²) in [7, 11) is 0. The van der Waals surface area contributed by atoms with Gasteiger partial charge in [-0.15, -0.1) is 0 Å². The lowest BCUT2D eigenvalue weighted by atomic mass is 10.1. The molecular formula is C29H24N4O2. The lowest BCUT2D eigenvalue weighted by molar-refractivity contribution is -0.118. The molecule has 6 nitrogen and oxygen atoms in total. The third kappa shape index (κ3) is 4.68. The summed E-state index contributed by atoms with van der Waals surface area (Å²) < 4.78 is 0.